The lowest BCUT2D eigenvalue weighted by Crippen LogP contribution is -2.20. The number of nitrogens with zero attached hydrogens (tertiary/aromatic N) is 4. The molecule has 1 aliphatic heterocycles. The van der Waals surface area contributed by atoms with Crippen LogP contribution >= 0.6 is 0 Å². The molecule has 3 aromatic heterocycles. The standard InChI is InChI=1S/C21H18F3N5O3/c1-11-14(19-27-26-18(32-19)13-8-5-9-31-10-13)20(30)29-17(25-11)15(12-6-3-2-4-7-12)16(28-29)21(22,23)24/h2-4,6-7,13,28H,5,8-10H2,1H3/t13-/m0/s1. The van der Waals surface area contributed by atoms with Crippen LogP contribution in [0.25, 0.3) is 28.2 Å². The normalized spacial score (nSPS) is 17.2. The molecule has 0 radical (unpaired) electrons. The summed E-state index contributed by atoms with van der Waals surface area (Å²) in [5.41, 5.74) is -1.71. The molecule has 166 valence electrons. The predicted molar refractivity (Wildman–Crippen MR) is 107 cm³/mol. The molecule has 1 fully saturated rings. The van der Waals surface area contributed by atoms with Gasteiger partial charge in [-0.2, -0.15) is 17.7 Å². The summed E-state index contributed by atoms with van der Waals surface area (Å²) in [6.07, 6.45) is -3.07. The van der Waals surface area contributed by atoms with E-state index < -0.39 is 17.4 Å². The number of aromatic amines is 1. The van der Waals surface area contributed by atoms with Gasteiger partial charge >= 0.3 is 6.18 Å². The highest BCUT2D eigenvalue weighted by molar-refractivity contribution is 5.81. The fourth-order valence-electron chi connectivity index (χ4n) is 3.94. The largest absolute Gasteiger partial charge is 0.433 e. The molecule has 1 N–H and O–H groups in total. The third-order valence-electron chi connectivity index (χ3n) is 5.47. The van der Waals surface area contributed by atoms with E-state index in [0.29, 0.717) is 19.1 Å². The Labute approximate surface area is 179 Å². The lowest BCUT2D eigenvalue weighted by atomic mass is 10.0. The van der Waals surface area contributed by atoms with Crippen molar-refractivity contribution in [1.82, 2.24) is 24.8 Å². The summed E-state index contributed by atoms with van der Waals surface area (Å²) in [6, 6.07) is 7.99. The van der Waals surface area contributed by atoms with Gasteiger partial charge in [-0.15, -0.1) is 10.2 Å². The highest BCUT2D eigenvalue weighted by Crippen LogP contribution is 2.38. The zero-order valence-electron chi connectivity index (χ0n) is 16.9. The quantitative estimate of drug-likeness (QED) is 0.513. The SMILES string of the molecule is Cc1nc2c(-c3ccccc3)c(C(F)(F)F)[nH]n2c(=O)c1-c1nnc([C@H]2CCCOC2)o1. The van der Waals surface area contributed by atoms with Gasteiger partial charge in [0.15, 0.2) is 5.65 Å². The van der Waals surface area contributed by atoms with Gasteiger partial charge in [-0.1, -0.05) is 30.3 Å². The molecule has 1 aromatic carbocycles. The zero-order valence-corrected chi connectivity index (χ0v) is 16.9. The number of rotatable bonds is 3. The number of hydrogen-bond acceptors (Lipinski definition) is 6. The van der Waals surface area contributed by atoms with Crippen LogP contribution in [0.15, 0.2) is 39.5 Å². The predicted octanol–water partition coefficient (Wildman–Crippen LogP) is 3.96. The van der Waals surface area contributed by atoms with Gasteiger partial charge in [-0.3, -0.25) is 9.89 Å². The Hall–Kier alpha value is -3.47. The second-order valence-electron chi connectivity index (χ2n) is 7.62. The van der Waals surface area contributed by atoms with Crippen molar-refractivity contribution in [3.05, 3.63) is 58.0 Å². The molecule has 11 heteroatoms. The van der Waals surface area contributed by atoms with Crippen molar-refractivity contribution < 1.29 is 22.3 Å². The molecule has 0 amide bonds. The van der Waals surface area contributed by atoms with Crippen molar-refractivity contribution in [3.8, 4) is 22.6 Å². The van der Waals surface area contributed by atoms with E-state index in [1.165, 1.54) is 19.1 Å². The Kier molecular flexibility index (Phi) is 4.85. The fourth-order valence-corrected chi connectivity index (χ4v) is 3.94. The molecular formula is C21H18F3N5O3. The summed E-state index contributed by atoms with van der Waals surface area (Å²) in [7, 11) is 0. The molecule has 0 bridgehead atoms. The minimum Gasteiger partial charge on any atom is -0.420 e. The number of nitrogens with one attached hydrogen (secondary N) is 1. The fraction of sp³-hybridized carbons (Fsp3) is 0.333. The van der Waals surface area contributed by atoms with E-state index in [0.717, 1.165) is 17.4 Å². The van der Waals surface area contributed by atoms with Gasteiger partial charge in [-0.05, 0) is 25.3 Å². The van der Waals surface area contributed by atoms with E-state index in [2.05, 4.69) is 20.3 Å². The van der Waals surface area contributed by atoms with Crippen LogP contribution in [0.2, 0.25) is 0 Å². The summed E-state index contributed by atoms with van der Waals surface area (Å²) in [5, 5.41) is 10.2. The number of aromatic nitrogens is 5. The summed E-state index contributed by atoms with van der Waals surface area (Å²) in [5.74, 6) is 0.159. The average molecular weight is 445 g/mol. The molecule has 4 heterocycles. The molecule has 0 unspecified atom stereocenters. The van der Waals surface area contributed by atoms with Crippen molar-refractivity contribution >= 4 is 5.65 Å². The van der Waals surface area contributed by atoms with Crippen molar-refractivity contribution in [2.24, 2.45) is 0 Å². The first-order valence-electron chi connectivity index (χ1n) is 10.0. The Bertz CT molecular complexity index is 1330. The van der Waals surface area contributed by atoms with Crippen LogP contribution in [0.5, 0.6) is 0 Å². The van der Waals surface area contributed by atoms with Crippen LogP contribution in [0.4, 0.5) is 13.2 Å². The summed E-state index contributed by atoms with van der Waals surface area (Å²) in [6.45, 7) is 2.62. The van der Waals surface area contributed by atoms with E-state index in [4.69, 9.17) is 9.15 Å². The minimum atomic E-state index is -4.72. The average Bonchev–Trinajstić information content (AvgIpc) is 3.40. The number of hydrogen-bond donors (Lipinski definition) is 1. The molecule has 0 spiro atoms. The van der Waals surface area contributed by atoms with Crippen LogP contribution in [0.3, 0.4) is 0 Å². The molecular weight excluding hydrogens is 427 g/mol. The van der Waals surface area contributed by atoms with Gasteiger partial charge in [0.05, 0.1) is 23.8 Å². The lowest BCUT2D eigenvalue weighted by Gasteiger charge is -2.18. The van der Waals surface area contributed by atoms with E-state index in [1.807, 2.05) is 0 Å². The molecule has 1 saturated heterocycles. The smallest absolute Gasteiger partial charge is 0.420 e. The second kappa shape index (κ2) is 7.59. The maximum absolute atomic E-state index is 13.8. The first-order valence-corrected chi connectivity index (χ1v) is 10.0. The lowest BCUT2D eigenvalue weighted by molar-refractivity contribution is -0.140. The number of H-pyrrole nitrogens is 1. The van der Waals surface area contributed by atoms with E-state index >= 15 is 0 Å². The van der Waals surface area contributed by atoms with Gasteiger partial charge in [-0.25, -0.2) is 4.98 Å². The number of halogens is 3. The van der Waals surface area contributed by atoms with Crippen molar-refractivity contribution in [2.75, 3.05) is 13.2 Å². The van der Waals surface area contributed by atoms with E-state index in [-0.39, 0.29) is 39.8 Å². The van der Waals surface area contributed by atoms with Crippen molar-refractivity contribution in [1.29, 1.82) is 0 Å². The van der Waals surface area contributed by atoms with Crippen LogP contribution in [0, 0.1) is 6.92 Å². The highest BCUT2D eigenvalue weighted by Gasteiger charge is 2.38. The molecule has 4 aromatic rings. The third kappa shape index (κ3) is 3.38. The Morgan fingerprint density at radius 2 is 1.94 bits per heavy atom. The summed E-state index contributed by atoms with van der Waals surface area (Å²) in [4.78, 5) is 17.6. The first-order chi connectivity index (χ1) is 15.3. The van der Waals surface area contributed by atoms with Gasteiger partial charge in [0.25, 0.3) is 11.4 Å². The van der Waals surface area contributed by atoms with Crippen molar-refractivity contribution in [3.63, 3.8) is 0 Å². The highest BCUT2D eigenvalue weighted by atomic mass is 19.4. The monoisotopic (exact) mass is 445 g/mol. The number of aryl methyl sites for hydroxylation is 1. The molecule has 1 atom stereocenters. The van der Waals surface area contributed by atoms with Gasteiger partial charge in [0.2, 0.25) is 5.89 Å². The van der Waals surface area contributed by atoms with Crippen LogP contribution in [0.1, 0.15) is 36.0 Å². The molecule has 32 heavy (non-hydrogen) atoms. The number of alkyl halides is 3. The van der Waals surface area contributed by atoms with Crippen LogP contribution in [-0.2, 0) is 10.9 Å². The first kappa shape index (κ1) is 20.4. The molecule has 1 aliphatic rings. The van der Waals surface area contributed by atoms with Crippen LogP contribution < -0.4 is 5.56 Å². The van der Waals surface area contributed by atoms with Gasteiger partial charge < -0.3 is 9.15 Å². The second-order valence-corrected chi connectivity index (χ2v) is 7.62. The van der Waals surface area contributed by atoms with Gasteiger partial charge in [0, 0.05) is 6.61 Å². The zero-order chi connectivity index (χ0) is 22.5. The maximum Gasteiger partial charge on any atom is 0.433 e. The Morgan fingerprint density at radius 1 is 1.16 bits per heavy atom. The maximum atomic E-state index is 13.8. The minimum absolute atomic E-state index is 0.0486. The molecule has 8 nitrogen and oxygen atoms in total. The molecule has 5 rings (SSSR count). The summed E-state index contributed by atoms with van der Waals surface area (Å²) < 4.78 is 53.4. The number of ether oxygens (including phenoxy) is 1. The number of benzene rings is 1. The summed E-state index contributed by atoms with van der Waals surface area (Å²) >= 11 is 0. The molecule has 0 saturated carbocycles. The topological polar surface area (TPSA) is 98.3 Å². The van der Waals surface area contributed by atoms with Gasteiger partial charge in [0.1, 0.15) is 11.3 Å². The Balaban J connectivity index is 1.69. The Morgan fingerprint density at radius 3 is 2.62 bits per heavy atom. The third-order valence-corrected chi connectivity index (χ3v) is 5.47. The van der Waals surface area contributed by atoms with E-state index in [1.54, 1.807) is 18.2 Å². The number of fused-ring (bicyclic) bond motifs is 1. The molecule has 0 aliphatic carbocycles. The van der Waals surface area contributed by atoms with Crippen LogP contribution in [-0.4, -0.2) is 38.0 Å². The van der Waals surface area contributed by atoms with Crippen molar-refractivity contribution in [2.45, 2.75) is 31.9 Å². The van der Waals surface area contributed by atoms with E-state index in [9.17, 15) is 18.0 Å².